The average molecular weight is 266 g/mol. The molecule has 5 heteroatoms. The number of nitrogens with one attached hydrogen (secondary N) is 2. The number of fused-ring (bicyclic) bond motifs is 1. The fraction of sp³-hybridized carbons (Fsp3) is 0.0667. The molecule has 0 aliphatic carbocycles. The van der Waals surface area contributed by atoms with Gasteiger partial charge in [0.25, 0.3) is 0 Å². The Bertz CT molecular complexity index is 758. The van der Waals surface area contributed by atoms with Crippen LogP contribution in [0.3, 0.4) is 0 Å². The van der Waals surface area contributed by atoms with E-state index in [0.29, 0.717) is 5.82 Å². The van der Waals surface area contributed by atoms with Crippen LogP contribution in [-0.2, 0) is 7.05 Å². The van der Waals surface area contributed by atoms with Crippen molar-refractivity contribution < 1.29 is 4.79 Å². The highest BCUT2D eigenvalue weighted by Crippen LogP contribution is 2.23. The first kappa shape index (κ1) is 12.2. The van der Waals surface area contributed by atoms with Gasteiger partial charge in [0, 0.05) is 18.5 Å². The second-order valence-electron chi connectivity index (χ2n) is 4.45. The van der Waals surface area contributed by atoms with Crippen LogP contribution in [-0.4, -0.2) is 15.8 Å². The molecule has 0 aliphatic heterocycles. The van der Waals surface area contributed by atoms with Gasteiger partial charge in [-0.3, -0.25) is 10.00 Å². The van der Waals surface area contributed by atoms with Crippen LogP contribution in [0.2, 0.25) is 0 Å². The summed E-state index contributed by atoms with van der Waals surface area (Å²) in [6.07, 6.45) is 1.63. The highest BCUT2D eigenvalue weighted by molar-refractivity contribution is 6.05. The summed E-state index contributed by atoms with van der Waals surface area (Å²) >= 11 is 0. The van der Waals surface area contributed by atoms with E-state index in [1.54, 1.807) is 24.0 Å². The standard InChI is InChI=1S/C15H14N4O/c1-19-14(9-10-16-19)18-15(20)17-13-8-4-6-11-5-2-3-7-12(11)13/h2-10H,1H3,(H2,17,18,20). The van der Waals surface area contributed by atoms with E-state index in [2.05, 4.69) is 15.7 Å². The summed E-state index contributed by atoms with van der Waals surface area (Å²) in [5.41, 5.74) is 0.780. The fourth-order valence-electron chi connectivity index (χ4n) is 2.10. The number of anilines is 2. The summed E-state index contributed by atoms with van der Waals surface area (Å²) in [6.45, 7) is 0. The Hall–Kier alpha value is -2.82. The number of nitrogens with zero attached hydrogens (tertiary/aromatic N) is 2. The molecule has 0 aliphatic rings. The molecular weight excluding hydrogens is 252 g/mol. The molecule has 0 saturated carbocycles. The van der Waals surface area contributed by atoms with Gasteiger partial charge in [-0.05, 0) is 11.5 Å². The molecular formula is C15H14N4O. The number of rotatable bonds is 2. The zero-order valence-corrected chi connectivity index (χ0v) is 11.0. The molecule has 20 heavy (non-hydrogen) atoms. The van der Waals surface area contributed by atoms with Crippen molar-refractivity contribution in [2.24, 2.45) is 7.05 Å². The lowest BCUT2D eigenvalue weighted by Crippen LogP contribution is -2.21. The summed E-state index contributed by atoms with van der Waals surface area (Å²) in [5.74, 6) is 0.641. The lowest BCUT2D eigenvalue weighted by molar-refractivity contribution is 0.262. The Morgan fingerprint density at radius 3 is 2.65 bits per heavy atom. The van der Waals surface area contributed by atoms with E-state index in [1.807, 2.05) is 42.5 Å². The molecule has 2 aromatic carbocycles. The zero-order valence-electron chi connectivity index (χ0n) is 11.0. The van der Waals surface area contributed by atoms with Crippen LogP contribution in [0.4, 0.5) is 16.3 Å². The number of carbonyl (C=O) groups is 1. The number of hydrogen-bond donors (Lipinski definition) is 2. The molecule has 0 saturated heterocycles. The summed E-state index contributed by atoms with van der Waals surface area (Å²) in [5, 5.41) is 11.7. The monoisotopic (exact) mass is 266 g/mol. The SMILES string of the molecule is Cn1nccc1NC(=O)Nc1cccc2ccccc12. The van der Waals surface area contributed by atoms with Crippen molar-refractivity contribution in [2.45, 2.75) is 0 Å². The summed E-state index contributed by atoms with van der Waals surface area (Å²) in [6, 6.07) is 15.2. The normalized spacial score (nSPS) is 10.4. The number of aryl methyl sites for hydroxylation is 1. The Balaban J connectivity index is 1.83. The highest BCUT2D eigenvalue weighted by atomic mass is 16.2. The van der Waals surface area contributed by atoms with Crippen LogP contribution in [0.1, 0.15) is 0 Å². The van der Waals surface area contributed by atoms with Gasteiger partial charge in [-0.2, -0.15) is 5.10 Å². The maximum Gasteiger partial charge on any atom is 0.324 e. The Morgan fingerprint density at radius 2 is 1.85 bits per heavy atom. The van der Waals surface area contributed by atoms with Gasteiger partial charge in [0.15, 0.2) is 0 Å². The Morgan fingerprint density at radius 1 is 1.05 bits per heavy atom. The van der Waals surface area contributed by atoms with Crippen LogP contribution in [0.15, 0.2) is 54.7 Å². The van der Waals surface area contributed by atoms with E-state index in [4.69, 9.17) is 0 Å². The van der Waals surface area contributed by atoms with Gasteiger partial charge in [0.2, 0.25) is 0 Å². The molecule has 0 unspecified atom stereocenters. The van der Waals surface area contributed by atoms with E-state index >= 15 is 0 Å². The summed E-state index contributed by atoms with van der Waals surface area (Å²) in [7, 11) is 1.77. The molecule has 1 aromatic heterocycles. The van der Waals surface area contributed by atoms with Crippen molar-refractivity contribution in [2.75, 3.05) is 10.6 Å². The van der Waals surface area contributed by atoms with Gasteiger partial charge >= 0.3 is 6.03 Å². The van der Waals surface area contributed by atoms with E-state index in [9.17, 15) is 4.79 Å². The smallest absolute Gasteiger partial charge is 0.307 e. The molecule has 3 rings (SSSR count). The third-order valence-electron chi connectivity index (χ3n) is 3.10. The average Bonchev–Trinajstić information content (AvgIpc) is 2.85. The van der Waals surface area contributed by atoms with E-state index in [0.717, 1.165) is 16.5 Å². The molecule has 0 radical (unpaired) electrons. The minimum atomic E-state index is -0.287. The van der Waals surface area contributed by atoms with Gasteiger partial charge in [-0.25, -0.2) is 4.79 Å². The lowest BCUT2D eigenvalue weighted by atomic mass is 10.1. The van der Waals surface area contributed by atoms with Gasteiger partial charge in [-0.15, -0.1) is 0 Å². The highest BCUT2D eigenvalue weighted by Gasteiger charge is 2.07. The second kappa shape index (κ2) is 5.05. The first-order valence-electron chi connectivity index (χ1n) is 6.28. The largest absolute Gasteiger partial charge is 0.324 e. The van der Waals surface area contributed by atoms with E-state index in [1.165, 1.54) is 0 Å². The van der Waals surface area contributed by atoms with E-state index < -0.39 is 0 Å². The number of urea groups is 1. The molecule has 0 bridgehead atoms. The fourth-order valence-corrected chi connectivity index (χ4v) is 2.10. The van der Waals surface area contributed by atoms with Crippen molar-refractivity contribution in [3.8, 4) is 0 Å². The van der Waals surface area contributed by atoms with Crippen LogP contribution < -0.4 is 10.6 Å². The molecule has 1 heterocycles. The maximum absolute atomic E-state index is 12.0. The molecule has 0 fully saturated rings. The molecule has 0 spiro atoms. The minimum Gasteiger partial charge on any atom is -0.307 e. The third kappa shape index (κ3) is 2.33. The molecule has 3 aromatic rings. The van der Waals surface area contributed by atoms with Crippen LogP contribution in [0.25, 0.3) is 10.8 Å². The quantitative estimate of drug-likeness (QED) is 0.748. The van der Waals surface area contributed by atoms with Crippen molar-refractivity contribution in [1.29, 1.82) is 0 Å². The molecule has 2 amide bonds. The van der Waals surface area contributed by atoms with Gasteiger partial charge in [-0.1, -0.05) is 36.4 Å². The van der Waals surface area contributed by atoms with Crippen molar-refractivity contribution in [3.05, 3.63) is 54.7 Å². The second-order valence-corrected chi connectivity index (χ2v) is 4.45. The Kier molecular flexibility index (Phi) is 3.09. The first-order chi connectivity index (χ1) is 9.74. The van der Waals surface area contributed by atoms with Crippen LogP contribution >= 0.6 is 0 Å². The van der Waals surface area contributed by atoms with Crippen molar-refractivity contribution in [1.82, 2.24) is 9.78 Å². The minimum absolute atomic E-state index is 0.287. The van der Waals surface area contributed by atoms with Gasteiger partial charge in [0.1, 0.15) is 5.82 Å². The van der Waals surface area contributed by atoms with Gasteiger partial charge in [0.05, 0.1) is 11.9 Å². The number of amides is 2. The molecule has 5 nitrogen and oxygen atoms in total. The number of carbonyl (C=O) groups excluding carboxylic acids is 1. The van der Waals surface area contributed by atoms with E-state index in [-0.39, 0.29) is 6.03 Å². The van der Waals surface area contributed by atoms with Crippen LogP contribution in [0, 0.1) is 0 Å². The lowest BCUT2D eigenvalue weighted by Gasteiger charge is -2.10. The summed E-state index contributed by atoms with van der Waals surface area (Å²) in [4.78, 5) is 12.0. The molecule has 100 valence electrons. The zero-order chi connectivity index (χ0) is 13.9. The maximum atomic E-state index is 12.0. The molecule has 0 atom stereocenters. The number of benzene rings is 2. The summed E-state index contributed by atoms with van der Waals surface area (Å²) < 4.78 is 1.60. The predicted molar refractivity (Wildman–Crippen MR) is 79.8 cm³/mol. The number of aromatic nitrogens is 2. The van der Waals surface area contributed by atoms with Crippen molar-refractivity contribution >= 4 is 28.3 Å². The predicted octanol–water partition coefficient (Wildman–Crippen LogP) is 3.22. The topological polar surface area (TPSA) is 59.0 Å². The molecule has 2 N–H and O–H groups in total. The third-order valence-corrected chi connectivity index (χ3v) is 3.10. The number of hydrogen-bond acceptors (Lipinski definition) is 2. The van der Waals surface area contributed by atoms with Crippen molar-refractivity contribution in [3.63, 3.8) is 0 Å². The van der Waals surface area contributed by atoms with Gasteiger partial charge < -0.3 is 5.32 Å². The Labute approximate surface area is 116 Å². The van der Waals surface area contributed by atoms with Crippen LogP contribution in [0.5, 0.6) is 0 Å². The first-order valence-corrected chi connectivity index (χ1v) is 6.28.